The second-order valence-corrected chi connectivity index (χ2v) is 6.59. The second kappa shape index (κ2) is 4.73. The van der Waals surface area contributed by atoms with Crippen LogP contribution in [0, 0.1) is 5.92 Å². The van der Waals surface area contributed by atoms with Crippen LogP contribution in [0.3, 0.4) is 0 Å². The molecule has 0 aliphatic heterocycles. The second-order valence-electron chi connectivity index (χ2n) is 5.30. The van der Waals surface area contributed by atoms with Gasteiger partial charge >= 0.3 is 6.09 Å². The van der Waals surface area contributed by atoms with Gasteiger partial charge in [-0.3, -0.25) is 0 Å². The van der Waals surface area contributed by atoms with Crippen LogP contribution in [-0.4, -0.2) is 35.0 Å². The Morgan fingerprint density at radius 1 is 1.47 bits per heavy atom. The summed E-state index contributed by atoms with van der Waals surface area (Å²) in [4.78, 5) is 13.9. The molecule has 0 saturated heterocycles. The summed E-state index contributed by atoms with van der Waals surface area (Å²) in [6.07, 6.45) is 2.10. The third-order valence-corrected chi connectivity index (χ3v) is 3.16. The van der Waals surface area contributed by atoms with Gasteiger partial charge in [-0.2, -0.15) is 0 Å². The van der Waals surface area contributed by atoms with E-state index in [0.29, 0.717) is 10.7 Å². The van der Waals surface area contributed by atoms with Crippen molar-refractivity contribution in [2.75, 3.05) is 13.6 Å². The molecule has 0 aromatic heterocycles. The first-order valence-corrected chi connectivity index (χ1v) is 6.27. The predicted molar refractivity (Wildman–Crippen MR) is 64.3 cm³/mol. The Morgan fingerprint density at radius 3 is 2.40 bits per heavy atom. The van der Waals surface area contributed by atoms with E-state index in [9.17, 15) is 4.79 Å². The average Bonchev–Trinajstić information content (AvgIpc) is 1.98. The number of carbonyl (C=O) groups excluding carboxylic acids is 1. The maximum absolute atomic E-state index is 11.6. The Bertz CT molecular complexity index is 231. The Labute approximate surface area is 100 Å². The molecule has 4 heteroatoms. The van der Waals surface area contributed by atoms with Crippen LogP contribution in [0.5, 0.6) is 0 Å². The Balaban J connectivity index is 2.27. The molecule has 1 amide bonds. The lowest BCUT2D eigenvalue weighted by atomic mass is 9.85. The first-order valence-electron chi connectivity index (χ1n) is 5.36. The van der Waals surface area contributed by atoms with Gasteiger partial charge in [-0.1, -0.05) is 15.9 Å². The summed E-state index contributed by atoms with van der Waals surface area (Å²) in [6, 6.07) is 0. The van der Waals surface area contributed by atoms with Gasteiger partial charge in [-0.05, 0) is 39.5 Å². The summed E-state index contributed by atoms with van der Waals surface area (Å²) < 4.78 is 5.27. The zero-order valence-corrected chi connectivity index (χ0v) is 11.5. The number of hydrogen-bond acceptors (Lipinski definition) is 2. The average molecular weight is 278 g/mol. The molecule has 0 heterocycles. The first kappa shape index (κ1) is 12.8. The van der Waals surface area contributed by atoms with Gasteiger partial charge in [0, 0.05) is 18.4 Å². The van der Waals surface area contributed by atoms with E-state index < -0.39 is 5.60 Å². The highest BCUT2D eigenvalue weighted by molar-refractivity contribution is 9.09. The fourth-order valence-corrected chi connectivity index (χ4v) is 2.66. The molecule has 1 rings (SSSR count). The van der Waals surface area contributed by atoms with Crippen molar-refractivity contribution in [1.82, 2.24) is 4.90 Å². The van der Waals surface area contributed by atoms with E-state index in [0.717, 1.165) is 19.4 Å². The molecule has 88 valence electrons. The fraction of sp³-hybridized carbons (Fsp3) is 0.909. The molecular weight excluding hydrogens is 258 g/mol. The van der Waals surface area contributed by atoms with E-state index >= 15 is 0 Å². The largest absolute Gasteiger partial charge is 0.444 e. The monoisotopic (exact) mass is 277 g/mol. The van der Waals surface area contributed by atoms with Crippen molar-refractivity contribution in [3.05, 3.63) is 0 Å². The van der Waals surface area contributed by atoms with E-state index in [1.807, 2.05) is 20.8 Å². The lowest BCUT2D eigenvalue weighted by Crippen LogP contribution is -2.40. The molecule has 0 bridgehead atoms. The van der Waals surface area contributed by atoms with Crippen LogP contribution in [0.4, 0.5) is 4.79 Å². The normalized spacial score (nSPS) is 25.7. The number of hydrogen-bond donors (Lipinski definition) is 0. The highest BCUT2D eigenvalue weighted by Crippen LogP contribution is 2.33. The summed E-state index contributed by atoms with van der Waals surface area (Å²) in [5.74, 6) is 0.631. The van der Waals surface area contributed by atoms with Gasteiger partial charge in [0.2, 0.25) is 0 Å². The molecule has 0 aromatic rings. The van der Waals surface area contributed by atoms with E-state index in [4.69, 9.17) is 4.74 Å². The SMILES string of the molecule is CN(CC1CC(Br)C1)C(=O)OC(C)(C)C. The van der Waals surface area contributed by atoms with Gasteiger partial charge in [0.05, 0.1) is 0 Å². The summed E-state index contributed by atoms with van der Waals surface area (Å²) in [5, 5.41) is 0. The minimum atomic E-state index is -0.400. The number of carbonyl (C=O) groups is 1. The smallest absolute Gasteiger partial charge is 0.410 e. The molecule has 0 radical (unpaired) electrons. The third kappa shape index (κ3) is 4.41. The summed E-state index contributed by atoms with van der Waals surface area (Å²) in [5.41, 5.74) is -0.400. The summed E-state index contributed by atoms with van der Waals surface area (Å²) >= 11 is 3.54. The van der Waals surface area contributed by atoms with E-state index in [-0.39, 0.29) is 6.09 Å². The fourth-order valence-electron chi connectivity index (χ4n) is 1.61. The molecule has 0 unspecified atom stereocenters. The molecule has 0 atom stereocenters. The van der Waals surface area contributed by atoms with Gasteiger partial charge in [-0.15, -0.1) is 0 Å². The molecule has 15 heavy (non-hydrogen) atoms. The van der Waals surface area contributed by atoms with Gasteiger partial charge in [-0.25, -0.2) is 4.79 Å². The standard InChI is InChI=1S/C11H20BrNO2/c1-11(2,3)15-10(14)13(4)7-8-5-9(12)6-8/h8-9H,5-7H2,1-4H3. The van der Waals surface area contributed by atoms with Crippen molar-refractivity contribution in [2.24, 2.45) is 5.92 Å². The molecule has 0 N–H and O–H groups in total. The van der Waals surface area contributed by atoms with Crippen LogP contribution in [0.15, 0.2) is 0 Å². The Kier molecular flexibility index (Phi) is 4.04. The van der Waals surface area contributed by atoms with E-state index in [1.54, 1.807) is 11.9 Å². The van der Waals surface area contributed by atoms with Crippen LogP contribution in [0.25, 0.3) is 0 Å². The summed E-state index contributed by atoms with van der Waals surface area (Å²) in [6.45, 7) is 6.46. The van der Waals surface area contributed by atoms with Gasteiger partial charge in [0.25, 0.3) is 0 Å². The number of rotatable bonds is 2. The first-order chi connectivity index (χ1) is 6.78. The van der Waals surface area contributed by atoms with E-state index in [1.165, 1.54) is 0 Å². The molecule has 1 fully saturated rings. The van der Waals surface area contributed by atoms with Crippen LogP contribution >= 0.6 is 15.9 Å². The number of alkyl halides is 1. The lowest BCUT2D eigenvalue weighted by Gasteiger charge is -2.34. The Hall–Kier alpha value is -0.250. The van der Waals surface area contributed by atoms with Crippen LogP contribution in [0.1, 0.15) is 33.6 Å². The van der Waals surface area contributed by atoms with Crippen LogP contribution in [0.2, 0.25) is 0 Å². The number of ether oxygens (including phenoxy) is 1. The molecule has 1 saturated carbocycles. The predicted octanol–water partition coefficient (Wildman–Crippen LogP) is 3.03. The molecule has 1 aliphatic carbocycles. The van der Waals surface area contributed by atoms with Gasteiger partial charge < -0.3 is 9.64 Å². The van der Waals surface area contributed by atoms with Crippen molar-refractivity contribution in [3.8, 4) is 0 Å². The topological polar surface area (TPSA) is 29.5 Å². The number of halogens is 1. The minimum Gasteiger partial charge on any atom is -0.444 e. The van der Waals surface area contributed by atoms with Crippen molar-refractivity contribution in [1.29, 1.82) is 0 Å². The quantitative estimate of drug-likeness (QED) is 0.727. The molecule has 3 nitrogen and oxygen atoms in total. The molecular formula is C11H20BrNO2. The third-order valence-electron chi connectivity index (χ3n) is 2.42. The lowest BCUT2D eigenvalue weighted by molar-refractivity contribution is 0.0251. The van der Waals surface area contributed by atoms with Crippen LogP contribution < -0.4 is 0 Å². The number of amides is 1. The van der Waals surface area contributed by atoms with Gasteiger partial charge in [0.1, 0.15) is 5.60 Å². The minimum absolute atomic E-state index is 0.222. The zero-order chi connectivity index (χ0) is 11.6. The van der Waals surface area contributed by atoms with Gasteiger partial charge in [0.15, 0.2) is 0 Å². The highest BCUT2D eigenvalue weighted by Gasteiger charge is 2.29. The maximum Gasteiger partial charge on any atom is 0.410 e. The molecule has 0 spiro atoms. The highest BCUT2D eigenvalue weighted by atomic mass is 79.9. The molecule has 0 aromatic carbocycles. The summed E-state index contributed by atoms with van der Waals surface area (Å²) in [7, 11) is 1.80. The number of nitrogens with zero attached hydrogens (tertiary/aromatic N) is 1. The Morgan fingerprint density at radius 2 is 2.00 bits per heavy atom. The van der Waals surface area contributed by atoms with Crippen molar-refractivity contribution in [2.45, 2.75) is 44.0 Å². The maximum atomic E-state index is 11.6. The van der Waals surface area contributed by atoms with Crippen molar-refractivity contribution < 1.29 is 9.53 Å². The van der Waals surface area contributed by atoms with Crippen molar-refractivity contribution in [3.63, 3.8) is 0 Å². The molecule has 1 aliphatic rings. The van der Waals surface area contributed by atoms with E-state index in [2.05, 4.69) is 15.9 Å². The van der Waals surface area contributed by atoms with Crippen LogP contribution in [-0.2, 0) is 4.74 Å². The van der Waals surface area contributed by atoms with Crippen molar-refractivity contribution >= 4 is 22.0 Å². The zero-order valence-electron chi connectivity index (χ0n) is 9.92.